The molecule has 1 aromatic carbocycles. The summed E-state index contributed by atoms with van der Waals surface area (Å²) in [4.78, 5) is 22.3. The molecule has 0 aliphatic heterocycles. The lowest BCUT2D eigenvalue weighted by atomic mass is 9.85. The average molecular weight is 343 g/mol. The first-order valence-electron chi connectivity index (χ1n) is 8.29. The van der Waals surface area contributed by atoms with Gasteiger partial charge in [0.2, 0.25) is 0 Å². The summed E-state index contributed by atoms with van der Waals surface area (Å²) in [5.41, 5.74) is 1.79. The zero-order valence-corrected chi connectivity index (χ0v) is 14.8. The molecule has 1 heterocycles. The predicted molar refractivity (Wildman–Crippen MR) is 93.2 cm³/mol. The Morgan fingerprint density at radius 2 is 2.16 bits per heavy atom. The fourth-order valence-corrected chi connectivity index (χ4v) is 3.86. The maximum absolute atomic E-state index is 13.8. The van der Waals surface area contributed by atoms with Crippen molar-refractivity contribution in [2.45, 2.75) is 38.6 Å². The molecule has 25 heavy (non-hydrogen) atoms. The molecule has 0 amide bonds. The van der Waals surface area contributed by atoms with Crippen LogP contribution in [-0.2, 0) is 10.2 Å². The first-order chi connectivity index (χ1) is 11.8. The summed E-state index contributed by atoms with van der Waals surface area (Å²) in [7, 11) is 1.91. The number of rotatable bonds is 5. The third kappa shape index (κ3) is 2.86. The lowest BCUT2D eigenvalue weighted by molar-refractivity contribution is -0.139. The second-order valence-electron chi connectivity index (χ2n) is 6.82. The van der Waals surface area contributed by atoms with E-state index < -0.39 is 17.3 Å². The van der Waals surface area contributed by atoms with Gasteiger partial charge in [0.1, 0.15) is 11.6 Å². The van der Waals surface area contributed by atoms with Crippen LogP contribution in [0, 0.1) is 25.6 Å². The van der Waals surface area contributed by atoms with Gasteiger partial charge in [-0.3, -0.25) is 4.79 Å². The number of aliphatic carboxylic acids is 1. The van der Waals surface area contributed by atoms with Gasteiger partial charge in [-0.15, -0.1) is 0 Å². The van der Waals surface area contributed by atoms with E-state index in [9.17, 15) is 14.3 Å². The summed E-state index contributed by atoms with van der Waals surface area (Å²) >= 11 is 0. The van der Waals surface area contributed by atoms with E-state index in [4.69, 9.17) is 0 Å². The minimum absolute atomic E-state index is 0.152. The fourth-order valence-electron chi connectivity index (χ4n) is 3.86. The molecule has 0 radical (unpaired) electrons. The molecule has 0 spiro atoms. The number of nitrogens with zero attached hydrogens (tertiary/aromatic N) is 3. The van der Waals surface area contributed by atoms with E-state index in [0.717, 1.165) is 16.9 Å². The maximum atomic E-state index is 13.8. The van der Waals surface area contributed by atoms with Gasteiger partial charge < -0.3 is 10.0 Å². The third-order valence-electron chi connectivity index (χ3n) is 5.44. The summed E-state index contributed by atoms with van der Waals surface area (Å²) in [5, 5.41) is 9.57. The number of likely N-dealkylation sites (N-methyl/N-ethyl adjacent to an activating group) is 1. The van der Waals surface area contributed by atoms with Crippen LogP contribution in [0.25, 0.3) is 0 Å². The number of carbonyl (C=O) groups is 1. The van der Waals surface area contributed by atoms with Crippen LogP contribution in [0.2, 0.25) is 0 Å². The van der Waals surface area contributed by atoms with E-state index in [-0.39, 0.29) is 11.9 Å². The number of hydrogen-bond acceptors (Lipinski definition) is 4. The second kappa shape index (κ2) is 6.10. The summed E-state index contributed by atoms with van der Waals surface area (Å²) in [6.45, 7) is 5.71. The zero-order valence-electron chi connectivity index (χ0n) is 14.8. The van der Waals surface area contributed by atoms with Crippen LogP contribution in [0.15, 0.2) is 30.5 Å². The van der Waals surface area contributed by atoms with Crippen LogP contribution in [-0.4, -0.2) is 34.1 Å². The van der Waals surface area contributed by atoms with Crippen molar-refractivity contribution in [2.24, 2.45) is 5.92 Å². The van der Waals surface area contributed by atoms with Crippen LogP contribution >= 0.6 is 0 Å². The highest BCUT2D eigenvalue weighted by Gasteiger charge is 2.63. The van der Waals surface area contributed by atoms with Crippen molar-refractivity contribution in [1.82, 2.24) is 9.97 Å². The van der Waals surface area contributed by atoms with Gasteiger partial charge in [0.15, 0.2) is 0 Å². The molecular weight excluding hydrogens is 321 g/mol. The summed E-state index contributed by atoms with van der Waals surface area (Å²) in [6.07, 6.45) is 2.24. The SMILES string of the molecule is Cc1ncc(N(C)C(C)[C@@]2(c3cccc(F)c3)C[C@H]2C(=O)O)c(C)n1. The Balaban J connectivity index is 2.01. The third-order valence-corrected chi connectivity index (χ3v) is 5.44. The van der Waals surface area contributed by atoms with Crippen molar-refractivity contribution >= 4 is 11.7 Å². The molecule has 1 aromatic heterocycles. The number of anilines is 1. The van der Waals surface area contributed by atoms with Gasteiger partial charge in [-0.25, -0.2) is 14.4 Å². The normalized spacial score (nSPS) is 23.2. The molecule has 1 fully saturated rings. The zero-order chi connectivity index (χ0) is 18.4. The predicted octanol–water partition coefficient (Wildman–Crippen LogP) is 3.10. The second-order valence-corrected chi connectivity index (χ2v) is 6.82. The molecule has 3 atom stereocenters. The Kier molecular flexibility index (Phi) is 4.22. The van der Waals surface area contributed by atoms with Crippen molar-refractivity contribution in [1.29, 1.82) is 0 Å². The Labute approximate surface area is 146 Å². The van der Waals surface area contributed by atoms with Crippen molar-refractivity contribution < 1.29 is 14.3 Å². The quantitative estimate of drug-likeness (QED) is 0.904. The molecule has 0 bridgehead atoms. The van der Waals surface area contributed by atoms with E-state index in [2.05, 4.69) is 9.97 Å². The lowest BCUT2D eigenvalue weighted by Crippen LogP contribution is -2.42. The van der Waals surface area contributed by atoms with Crippen LogP contribution in [0.1, 0.15) is 30.4 Å². The molecule has 2 aromatic rings. The number of aryl methyl sites for hydroxylation is 2. The number of carboxylic acids is 1. The van der Waals surface area contributed by atoms with Crippen molar-refractivity contribution in [3.63, 3.8) is 0 Å². The molecule has 0 saturated heterocycles. The molecule has 132 valence electrons. The van der Waals surface area contributed by atoms with Gasteiger partial charge >= 0.3 is 5.97 Å². The molecule has 3 rings (SSSR count). The van der Waals surface area contributed by atoms with Gasteiger partial charge in [0.05, 0.1) is 23.5 Å². The van der Waals surface area contributed by atoms with E-state index in [1.54, 1.807) is 12.3 Å². The maximum Gasteiger partial charge on any atom is 0.307 e. The van der Waals surface area contributed by atoms with Crippen molar-refractivity contribution in [3.05, 3.63) is 53.4 Å². The van der Waals surface area contributed by atoms with E-state index in [1.165, 1.54) is 12.1 Å². The van der Waals surface area contributed by atoms with Crippen LogP contribution in [0.4, 0.5) is 10.1 Å². The van der Waals surface area contributed by atoms with E-state index in [1.807, 2.05) is 38.8 Å². The molecule has 1 N–H and O–H groups in total. The number of aromatic nitrogens is 2. The monoisotopic (exact) mass is 343 g/mol. The molecular formula is C19H22FN3O2. The Morgan fingerprint density at radius 3 is 2.72 bits per heavy atom. The number of benzene rings is 1. The number of hydrogen-bond donors (Lipinski definition) is 1. The summed E-state index contributed by atoms with van der Waals surface area (Å²) in [6, 6.07) is 6.12. The van der Waals surface area contributed by atoms with Crippen LogP contribution in [0.3, 0.4) is 0 Å². The van der Waals surface area contributed by atoms with Gasteiger partial charge in [-0.05, 0) is 44.9 Å². The van der Waals surface area contributed by atoms with Gasteiger partial charge in [-0.1, -0.05) is 12.1 Å². The van der Waals surface area contributed by atoms with Gasteiger partial charge in [0, 0.05) is 18.5 Å². The molecule has 1 aliphatic carbocycles. The Morgan fingerprint density at radius 1 is 1.44 bits per heavy atom. The minimum Gasteiger partial charge on any atom is -0.481 e. The summed E-state index contributed by atoms with van der Waals surface area (Å²) < 4.78 is 13.8. The van der Waals surface area contributed by atoms with Gasteiger partial charge in [0.25, 0.3) is 0 Å². The molecule has 5 nitrogen and oxygen atoms in total. The van der Waals surface area contributed by atoms with Crippen molar-refractivity contribution in [2.75, 3.05) is 11.9 Å². The first-order valence-corrected chi connectivity index (χ1v) is 8.29. The van der Waals surface area contributed by atoms with E-state index >= 15 is 0 Å². The lowest BCUT2D eigenvalue weighted by Gasteiger charge is -2.35. The topological polar surface area (TPSA) is 66.3 Å². The highest BCUT2D eigenvalue weighted by molar-refractivity contribution is 5.78. The minimum atomic E-state index is -0.846. The fraction of sp³-hybridized carbons (Fsp3) is 0.421. The van der Waals surface area contributed by atoms with Crippen LogP contribution in [0.5, 0.6) is 0 Å². The van der Waals surface area contributed by atoms with Crippen molar-refractivity contribution in [3.8, 4) is 0 Å². The Bertz CT molecular complexity index is 826. The standard InChI is InChI=1S/C19H22FN3O2/c1-11-17(10-21-13(3)22-11)23(4)12(2)19(9-16(19)18(24)25)14-6-5-7-15(20)8-14/h5-8,10,12,16H,9H2,1-4H3,(H,24,25)/t12?,16-,19+/m0/s1. The average Bonchev–Trinajstić information content (AvgIpc) is 3.31. The smallest absolute Gasteiger partial charge is 0.307 e. The molecule has 6 heteroatoms. The highest BCUT2D eigenvalue weighted by Crippen LogP contribution is 2.58. The highest BCUT2D eigenvalue weighted by atomic mass is 19.1. The van der Waals surface area contributed by atoms with E-state index in [0.29, 0.717) is 12.2 Å². The molecule has 1 aliphatic rings. The summed E-state index contributed by atoms with van der Waals surface area (Å²) in [5.74, 6) is -1.03. The van der Waals surface area contributed by atoms with Crippen LogP contribution < -0.4 is 4.90 Å². The number of halogens is 1. The van der Waals surface area contributed by atoms with Gasteiger partial charge in [-0.2, -0.15) is 0 Å². The molecule has 1 unspecified atom stereocenters. The molecule has 1 saturated carbocycles. The number of carboxylic acid groups (broad SMARTS) is 1. The Hall–Kier alpha value is -2.50. The first kappa shape index (κ1) is 17.3. The largest absolute Gasteiger partial charge is 0.481 e.